The van der Waals surface area contributed by atoms with E-state index in [0.717, 1.165) is 12.8 Å². The predicted octanol–water partition coefficient (Wildman–Crippen LogP) is -0.225. The Morgan fingerprint density at radius 3 is 2.06 bits per heavy atom. The van der Waals surface area contributed by atoms with Crippen molar-refractivity contribution in [1.82, 2.24) is 4.72 Å². The van der Waals surface area contributed by atoms with E-state index >= 15 is 0 Å². The Morgan fingerprint density at radius 2 is 1.59 bits per heavy atom. The van der Waals surface area contributed by atoms with E-state index in [1.54, 1.807) is 0 Å². The van der Waals surface area contributed by atoms with Gasteiger partial charge in [0.1, 0.15) is 9.79 Å². The van der Waals surface area contributed by atoms with Gasteiger partial charge in [-0.1, -0.05) is 12.1 Å². The fraction of sp³-hybridized carbons (Fsp3) is 0.333. The maximum absolute atomic E-state index is 11.9. The van der Waals surface area contributed by atoms with Gasteiger partial charge in [0.25, 0.3) is 0 Å². The molecule has 0 atom stereocenters. The minimum absolute atomic E-state index is 0.0893. The second-order valence-corrected chi connectivity index (χ2v) is 7.10. The summed E-state index contributed by atoms with van der Waals surface area (Å²) in [5.41, 5.74) is 0. The normalized spacial score (nSPS) is 17.0. The number of nitrogens with two attached hydrogens (primary N) is 1. The molecule has 0 aliphatic heterocycles. The van der Waals surface area contributed by atoms with Crippen LogP contribution < -0.4 is 9.86 Å². The van der Waals surface area contributed by atoms with Crippen LogP contribution in [0.5, 0.6) is 0 Å². The third kappa shape index (κ3) is 2.83. The summed E-state index contributed by atoms with van der Waals surface area (Å²) < 4.78 is 48.8. The summed E-state index contributed by atoms with van der Waals surface area (Å²) in [5, 5.41) is 4.98. The quantitative estimate of drug-likeness (QED) is 0.792. The highest BCUT2D eigenvalue weighted by atomic mass is 32.2. The van der Waals surface area contributed by atoms with Crippen LogP contribution in [0.1, 0.15) is 12.8 Å². The lowest BCUT2D eigenvalue weighted by Gasteiger charge is -2.09. The van der Waals surface area contributed by atoms with Gasteiger partial charge < -0.3 is 0 Å². The SMILES string of the molecule is NS(=O)(=O)c1ccccc1S(=O)(=O)NC1CC1. The second-order valence-electron chi connectivity index (χ2n) is 3.89. The van der Waals surface area contributed by atoms with E-state index in [-0.39, 0.29) is 15.8 Å². The molecule has 1 aliphatic carbocycles. The van der Waals surface area contributed by atoms with Crippen molar-refractivity contribution in [3.05, 3.63) is 24.3 Å². The van der Waals surface area contributed by atoms with Crippen LogP contribution in [0.2, 0.25) is 0 Å². The van der Waals surface area contributed by atoms with Gasteiger partial charge in [-0.3, -0.25) is 0 Å². The summed E-state index contributed by atoms with van der Waals surface area (Å²) in [4.78, 5) is -0.678. The first-order valence-electron chi connectivity index (χ1n) is 4.95. The maximum Gasteiger partial charge on any atom is 0.242 e. The van der Waals surface area contributed by atoms with Crippen LogP contribution in [0.25, 0.3) is 0 Å². The number of benzene rings is 1. The molecule has 0 unspecified atom stereocenters. The summed E-state index contributed by atoms with van der Waals surface area (Å²) in [6.07, 6.45) is 1.55. The predicted molar refractivity (Wildman–Crippen MR) is 61.2 cm³/mol. The summed E-state index contributed by atoms with van der Waals surface area (Å²) in [5.74, 6) is 0. The van der Waals surface area contributed by atoms with Gasteiger partial charge in [-0.2, -0.15) is 0 Å². The number of rotatable bonds is 4. The van der Waals surface area contributed by atoms with Gasteiger partial charge in [0.2, 0.25) is 20.0 Å². The molecule has 3 N–H and O–H groups in total. The Balaban J connectivity index is 2.51. The van der Waals surface area contributed by atoms with Gasteiger partial charge in [-0.25, -0.2) is 26.7 Å². The molecule has 0 bridgehead atoms. The molecule has 1 aliphatic rings. The molecule has 1 aromatic rings. The molecule has 0 saturated heterocycles. The molecule has 17 heavy (non-hydrogen) atoms. The standard InChI is InChI=1S/C9H12N2O4S2/c10-16(12,13)8-3-1-2-4-9(8)17(14,15)11-7-5-6-7/h1-4,7,11H,5-6H2,(H2,10,12,13). The number of primary sulfonamides is 1. The van der Waals surface area contributed by atoms with Gasteiger partial charge in [-0.05, 0) is 25.0 Å². The molecule has 1 aromatic carbocycles. The molecular weight excluding hydrogens is 264 g/mol. The number of nitrogens with one attached hydrogen (secondary N) is 1. The van der Waals surface area contributed by atoms with Gasteiger partial charge in [-0.15, -0.1) is 0 Å². The minimum Gasteiger partial charge on any atom is -0.225 e. The van der Waals surface area contributed by atoms with Crippen LogP contribution in [0.3, 0.4) is 0 Å². The first-order valence-corrected chi connectivity index (χ1v) is 7.98. The minimum atomic E-state index is -4.05. The van der Waals surface area contributed by atoms with Crippen LogP contribution in [0.4, 0.5) is 0 Å². The van der Waals surface area contributed by atoms with Crippen LogP contribution in [0, 0.1) is 0 Å². The molecule has 1 saturated carbocycles. The topological polar surface area (TPSA) is 106 Å². The van der Waals surface area contributed by atoms with Crippen molar-refractivity contribution in [2.75, 3.05) is 0 Å². The van der Waals surface area contributed by atoms with E-state index in [2.05, 4.69) is 4.72 Å². The van der Waals surface area contributed by atoms with Crippen molar-refractivity contribution >= 4 is 20.0 Å². The summed E-state index contributed by atoms with van der Waals surface area (Å²) in [7, 11) is -7.87. The highest BCUT2D eigenvalue weighted by Crippen LogP contribution is 2.24. The zero-order valence-corrected chi connectivity index (χ0v) is 10.5. The number of hydrogen-bond acceptors (Lipinski definition) is 4. The molecule has 8 heteroatoms. The third-order valence-corrected chi connectivity index (χ3v) is 5.02. The van der Waals surface area contributed by atoms with E-state index in [4.69, 9.17) is 5.14 Å². The van der Waals surface area contributed by atoms with Crippen molar-refractivity contribution < 1.29 is 16.8 Å². The molecule has 2 rings (SSSR count). The lowest BCUT2D eigenvalue weighted by atomic mass is 10.4. The molecule has 0 radical (unpaired) electrons. The van der Waals surface area contributed by atoms with Gasteiger partial charge in [0.15, 0.2) is 0 Å². The van der Waals surface area contributed by atoms with Gasteiger partial charge in [0, 0.05) is 6.04 Å². The lowest BCUT2D eigenvalue weighted by Crippen LogP contribution is -2.28. The highest BCUT2D eigenvalue weighted by molar-refractivity contribution is 7.92. The van der Waals surface area contributed by atoms with Crippen molar-refractivity contribution in [3.63, 3.8) is 0 Å². The van der Waals surface area contributed by atoms with Crippen molar-refractivity contribution in [2.45, 2.75) is 28.7 Å². The van der Waals surface area contributed by atoms with E-state index < -0.39 is 20.0 Å². The number of sulfonamides is 2. The zero-order valence-electron chi connectivity index (χ0n) is 8.83. The second kappa shape index (κ2) is 4.05. The molecule has 0 aromatic heterocycles. The van der Waals surface area contributed by atoms with Crippen LogP contribution >= 0.6 is 0 Å². The summed E-state index contributed by atoms with van der Waals surface area (Å²) in [6, 6.07) is 5.20. The fourth-order valence-corrected chi connectivity index (χ4v) is 4.08. The first-order chi connectivity index (χ1) is 7.81. The maximum atomic E-state index is 11.9. The monoisotopic (exact) mass is 276 g/mol. The third-order valence-electron chi connectivity index (χ3n) is 2.34. The van der Waals surface area contributed by atoms with E-state index in [9.17, 15) is 16.8 Å². The molecule has 0 amide bonds. The Bertz CT molecular complexity index is 633. The lowest BCUT2D eigenvalue weighted by molar-refractivity contribution is 0.573. The largest absolute Gasteiger partial charge is 0.242 e. The molecular formula is C9H12N2O4S2. The molecule has 6 nitrogen and oxygen atoms in total. The Kier molecular flexibility index (Phi) is 2.98. The average Bonchev–Trinajstić information content (AvgIpc) is 3.00. The smallest absolute Gasteiger partial charge is 0.225 e. The average molecular weight is 276 g/mol. The van der Waals surface area contributed by atoms with E-state index in [1.165, 1.54) is 24.3 Å². The van der Waals surface area contributed by atoms with E-state index in [0.29, 0.717) is 0 Å². The number of hydrogen-bond donors (Lipinski definition) is 2. The van der Waals surface area contributed by atoms with Crippen molar-refractivity contribution in [2.24, 2.45) is 5.14 Å². The Morgan fingerprint density at radius 1 is 1.06 bits per heavy atom. The van der Waals surface area contributed by atoms with Crippen LogP contribution in [0.15, 0.2) is 34.1 Å². The van der Waals surface area contributed by atoms with Gasteiger partial charge >= 0.3 is 0 Å². The first kappa shape index (κ1) is 12.5. The molecule has 0 heterocycles. The van der Waals surface area contributed by atoms with Crippen LogP contribution in [-0.2, 0) is 20.0 Å². The molecule has 94 valence electrons. The molecule has 1 fully saturated rings. The van der Waals surface area contributed by atoms with Crippen LogP contribution in [-0.4, -0.2) is 22.9 Å². The Hall–Kier alpha value is -0.960. The highest BCUT2D eigenvalue weighted by Gasteiger charge is 2.30. The van der Waals surface area contributed by atoms with Crippen molar-refractivity contribution in [3.8, 4) is 0 Å². The molecule has 0 spiro atoms. The summed E-state index contributed by atoms with van der Waals surface area (Å²) in [6.45, 7) is 0. The Labute approximate surface area is 99.9 Å². The fourth-order valence-electron chi connectivity index (χ4n) is 1.39. The van der Waals surface area contributed by atoms with E-state index in [1.807, 2.05) is 0 Å². The van der Waals surface area contributed by atoms with Gasteiger partial charge in [0.05, 0.1) is 0 Å². The summed E-state index contributed by atoms with van der Waals surface area (Å²) >= 11 is 0. The zero-order chi connectivity index (χ0) is 12.7. The van der Waals surface area contributed by atoms with Crippen molar-refractivity contribution in [1.29, 1.82) is 0 Å².